The normalized spacial score (nSPS) is 16.4. The van der Waals surface area contributed by atoms with E-state index >= 15 is 0 Å². The maximum atomic E-state index is 12.7. The van der Waals surface area contributed by atoms with Crippen molar-refractivity contribution in [2.24, 2.45) is 5.92 Å². The molecule has 2 aromatic carbocycles. The number of rotatable bonds is 7. The lowest BCUT2D eigenvalue weighted by molar-refractivity contribution is 0.0939. The summed E-state index contributed by atoms with van der Waals surface area (Å²) in [5.41, 5.74) is 3.25. The van der Waals surface area contributed by atoms with Gasteiger partial charge in [0.1, 0.15) is 18.6 Å². The monoisotopic (exact) mass is 336 g/mol. The molecule has 2 aromatic rings. The molecule has 0 fully saturated rings. The highest BCUT2D eigenvalue weighted by Gasteiger charge is 2.28. The van der Waals surface area contributed by atoms with Crippen molar-refractivity contribution in [2.75, 3.05) is 0 Å². The number of hydrogen-bond acceptors (Lipinski definition) is 3. The third-order valence-corrected chi connectivity index (χ3v) is 4.81. The molecule has 0 saturated heterocycles. The first-order chi connectivity index (χ1) is 12.2. The molecular weight excluding hydrogens is 312 g/mol. The molecule has 1 aliphatic carbocycles. The number of fused-ring (bicyclic) bond motifs is 1. The number of benzene rings is 2. The van der Waals surface area contributed by atoms with Gasteiger partial charge in [0.25, 0.3) is 0 Å². The van der Waals surface area contributed by atoms with Gasteiger partial charge in [0, 0.05) is 12.0 Å². The fourth-order valence-corrected chi connectivity index (χ4v) is 3.54. The predicted molar refractivity (Wildman–Crippen MR) is 98.3 cm³/mol. The van der Waals surface area contributed by atoms with Crippen LogP contribution >= 0.6 is 0 Å². The maximum absolute atomic E-state index is 12.7. The minimum atomic E-state index is 0.142. The molecule has 130 valence electrons. The molecular formula is C22H24O3. The minimum Gasteiger partial charge on any atom is -0.488 e. The van der Waals surface area contributed by atoms with Crippen molar-refractivity contribution in [1.82, 2.24) is 0 Å². The van der Waals surface area contributed by atoms with Crippen molar-refractivity contribution in [3.05, 3.63) is 64.7 Å². The number of carbonyl (C=O) groups is 2. The zero-order chi connectivity index (χ0) is 17.6. The highest BCUT2D eigenvalue weighted by atomic mass is 16.5. The van der Waals surface area contributed by atoms with Crippen LogP contribution < -0.4 is 4.74 Å². The van der Waals surface area contributed by atoms with Crippen LogP contribution in [-0.2, 0) is 13.0 Å². The van der Waals surface area contributed by atoms with E-state index in [1.165, 1.54) is 0 Å². The van der Waals surface area contributed by atoms with Crippen LogP contribution in [0.5, 0.6) is 5.75 Å². The summed E-state index contributed by atoms with van der Waals surface area (Å²) in [6.07, 6.45) is 5.60. The van der Waals surface area contributed by atoms with Crippen LogP contribution in [0.4, 0.5) is 0 Å². The molecule has 0 aromatic heterocycles. The minimum absolute atomic E-state index is 0.142. The van der Waals surface area contributed by atoms with Crippen LogP contribution in [0.25, 0.3) is 0 Å². The first-order valence-electron chi connectivity index (χ1n) is 9.03. The Bertz CT molecular complexity index is 749. The van der Waals surface area contributed by atoms with Crippen molar-refractivity contribution in [2.45, 2.75) is 45.6 Å². The molecule has 0 spiro atoms. The molecule has 1 aliphatic rings. The van der Waals surface area contributed by atoms with E-state index in [2.05, 4.69) is 6.92 Å². The highest BCUT2D eigenvalue weighted by Crippen LogP contribution is 2.35. The van der Waals surface area contributed by atoms with Gasteiger partial charge < -0.3 is 4.74 Å². The molecule has 0 saturated carbocycles. The Labute approximate surface area is 149 Å². The van der Waals surface area contributed by atoms with Crippen molar-refractivity contribution in [3.63, 3.8) is 0 Å². The van der Waals surface area contributed by atoms with Crippen LogP contribution in [0, 0.1) is 5.92 Å². The maximum Gasteiger partial charge on any atom is 0.167 e. The van der Waals surface area contributed by atoms with E-state index in [0.29, 0.717) is 35.8 Å². The van der Waals surface area contributed by atoms with E-state index < -0.39 is 0 Å². The lowest BCUT2D eigenvalue weighted by Crippen LogP contribution is -2.21. The second-order valence-corrected chi connectivity index (χ2v) is 6.78. The summed E-state index contributed by atoms with van der Waals surface area (Å²) in [4.78, 5) is 24.0. The van der Waals surface area contributed by atoms with Gasteiger partial charge >= 0.3 is 0 Å². The van der Waals surface area contributed by atoms with Gasteiger partial charge in [-0.1, -0.05) is 50.1 Å². The van der Waals surface area contributed by atoms with Crippen molar-refractivity contribution in [3.8, 4) is 5.75 Å². The van der Waals surface area contributed by atoms with Gasteiger partial charge in [-0.2, -0.15) is 0 Å². The summed E-state index contributed by atoms with van der Waals surface area (Å²) < 4.78 is 5.94. The Hall–Kier alpha value is -2.42. The number of hydrogen-bond donors (Lipinski definition) is 0. The van der Waals surface area contributed by atoms with Gasteiger partial charge in [-0.05, 0) is 42.0 Å². The summed E-state index contributed by atoms with van der Waals surface area (Å²) in [7, 11) is 0. The first-order valence-corrected chi connectivity index (χ1v) is 9.03. The predicted octanol–water partition coefficient (Wildman–Crippen LogP) is 5.01. The molecule has 0 bridgehead atoms. The lowest BCUT2D eigenvalue weighted by atomic mass is 9.79. The summed E-state index contributed by atoms with van der Waals surface area (Å²) in [6, 6.07) is 13.4. The number of Topliss-reactive ketones (excluding diaryl/α,β-unsaturated/α-hetero) is 1. The summed E-state index contributed by atoms with van der Waals surface area (Å²) in [5, 5.41) is 0. The summed E-state index contributed by atoms with van der Waals surface area (Å²) >= 11 is 0. The average molecular weight is 336 g/mol. The molecule has 0 heterocycles. The molecule has 1 atom stereocenters. The zero-order valence-corrected chi connectivity index (χ0v) is 14.7. The Balaban J connectivity index is 1.86. The van der Waals surface area contributed by atoms with Crippen LogP contribution in [0.3, 0.4) is 0 Å². The van der Waals surface area contributed by atoms with Crippen LogP contribution in [0.2, 0.25) is 0 Å². The molecule has 3 nitrogen and oxygen atoms in total. The summed E-state index contributed by atoms with van der Waals surface area (Å²) in [6.45, 7) is 2.56. The number of ketones is 1. The third-order valence-electron chi connectivity index (χ3n) is 4.81. The van der Waals surface area contributed by atoms with Gasteiger partial charge in [-0.3, -0.25) is 9.59 Å². The fraction of sp³-hybridized carbons (Fsp3) is 0.364. The summed E-state index contributed by atoms with van der Waals surface area (Å²) in [5.74, 6) is 1.06. The largest absolute Gasteiger partial charge is 0.488 e. The van der Waals surface area contributed by atoms with E-state index in [1.807, 2.05) is 36.4 Å². The second-order valence-electron chi connectivity index (χ2n) is 6.78. The van der Waals surface area contributed by atoms with Gasteiger partial charge in [-0.25, -0.2) is 0 Å². The van der Waals surface area contributed by atoms with E-state index in [1.54, 1.807) is 6.07 Å². The zero-order valence-electron chi connectivity index (χ0n) is 14.7. The van der Waals surface area contributed by atoms with Crippen LogP contribution in [0.1, 0.15) is 64.4 Å². The number of ether oxygens (including phenoxy) is 1. The first kappa shape index (κ1) is 17.4. The van der Waals surface area contributed by atoms with Crippen molar-refractivity contribution < 1.29 is 14.3 Å². The molecule has 1 unspecified atom stereocenters. The lowest BCUT2D eigenvalue weighted by Gasteiger charge is -2.25. The molecule has 0 radical (unpaired) electrons. The smallest absolute Gasteiger partial charge is 0.167 e. The molecule has 0 aliphatic heterocycles. The molecule has 0 N–H and O–H groups in total. The van der Waals surface area contributed by atoms with Crippen molar-refractivity contribution >= 4 is 12.1 Å². The Morgan fingerprint density at radius 2 is 1.96 bits per heavy atom. The quantitative estimate of drug-likeness (QED) is 0.667. The van der Waals surface area contributed by atoms with Gasteiger partial charge in [0.15, 0.2) is 5.78 Å². The average Bonchev–Trinajstić information content (AvgIpc) is 2.64. The topological polar surface area (TPSA) is 43.4 Å². The van der Waals surface area contributed by atoms with Crippen LogP contribution in [-0.4, -0.2) is 12.1 Å². The van der Waals surface area contributed by atoms with E-state index in [9.17, 15) is 9.59 Å². The number of carbonyl (C=O) groups excluding carboxylic acids is 2. The number of unbranched alkanes of at least 4 members (excludes halogenated alkanes) is 1. The van der Waals surface area contributed by atoms with Gasteiger partial charge in [0.2, 0.25) is 0 Å². The van der Waals surface area contributed by atoms with E-state index in [4.69, 9.17) is 4.74 Å². The van der Waals surface area contributed by atoms with Gasteiger partial charge in [-0.15, -0.1) is 0 Å². The Morgan fingerprint density at radius 3 is 2.68 bits per heavy atom. The Kier molecular flexibility index (Phi) is 5.64. The standard InChI is InChI=1S/C22H24O3/c1-2-3-7-17-10-19-11-18(14-23)13-21(22(19)20(24)12-17)25-15-16-8-5-4-6-9-16/h4-6,8-9,11,13-14,17H,2-3,7,10,12,15H2,1H3. The molecule has 0 amide bonds. The highest BCUT2D eigenvalue weighted by molar-refractivity contribution is 6.02. The SMILES string of the molecule is CCCCC1CC(=O)c2c(cc(C=O)cc2OCc2ccccc2)C1. The molecule has 25 heavy (non-hydrogen) atoms. The van der Waals surface area contributed by atoms with Crippen molar-refractivity contribution in [1.29, 1.82) is 0 Å². The van der Waals surface area contributed by atoms with Gasteiger partial charge in [0.05, 0.1) is 5.56 Å². The Morgan fingerprint density at radius 1 is 1.16 bits per heavy atom. The number of aldehydes is 1. The van der Waals surface area contributed by atoms with E-state index in [0.717, 1.165) is 43.1 Å². The third kappa shape index (κ3) is 4.16. The van der Waals surface area contributed by atoms with Crippen LogP contribution in [0.15, 0.2) is 42.5 Å². The fourth-order valence-electron chi connectivity index (χ4n) is 3.54. The second kappa shape index (κ2) is 8.11. The van der Waals surface area contributed by atoms with E-state index in [-0.39, 0.29) is 5.78 Å². The molecule has 3 rings (SSSR count). The molecule has 3 heteroatoms.